The molecule has 0 aromatic heterocycles. The molecule has 2 saturated heterocycles. The average molecular weight is 394 g/mol. The normalized spacial score (nSPS) is 24.4. The number of carbonyl (C=O) groups excluding carboxylic acids is 2. The Balaban J connectivity index is 1.48. The number of amides is 1. The van der Waals surface area contributed by atoms with E-state index in [2.05, 4.69) is 24.3 Å². The maximum absolute atomic E-state index is 13.2. The fraction of sp³-hybridized carbons (Fsp3) is 0.520. The van der Waals surface area contributed by atoms with Gasteiger partial charge in [-0.3, -0.25) is 4.79 Å². The highest BCUT2D eigenvalue weighted by molar-refractivity contribution is 5.91. The summed E-state index contributed by atoms with van der Waals surface area (Å²) in [6, 6.07) is 14.7. The Bertz CT molecular complexity index is 894. The van der Waals surface area contributed by atoms with E-state index in [1.807, 2.05) is 43.9 Å². The molecular weight excluding hydrogens is 362 g/mol. The zero-order valence-electron chi connectivity index (χ0n) is 17.7. The first-order chi connectivity index (χ1) is 13.8. The van der Waals surface area contributed by atoms with Crippen molar-refractivity contribution in [2.75, 3.05) is 0 Å². The predicted octanol–water partition coefficient (Wildman–Crippen LogP) is 5.52. The summed E-state index contributed by atoms with van der Waals surface area (Å²) in [6.45, 7) is 5.71. The minimum atomic E-state index is -0.494. The maximum atomic E-state index is 13.2. The summed E-state index contributed by atoms with van der Waals surface area (Å²) in [5.74, 6) is 0.338. The lowest BCUT2D eigenvalue weighted by Crippen LogP contribution is -2.56. The minimum absolute atomic E-state index is 0.0305. The standard InChI is InChI=1S/C25H31NO3/c1-25(2,3)29-24(28)26-20-11-7-12-21(26)15-19(14-20)23(27)16-18-10-6-9-17-8-4-5-13-22(17)18/h4-6,8-10,13,19-21H,7,11-12,14-16H2,1-3H3. The van der Waals surface area contributed by atoms with Crippen molar-refractivity contribution in [2.45, 2.75) is 77.0 Å². The van der Waals surface area contributed by atoms with Crippen LogP contribution in [-0.4, -0.2) is 34.5 Å². The van der Waals surface area contributed by atoms with Crippen LogP contribution in [0.3, 0.4) is 0 Å². The fourth-order valence-corrected chi connectivity index (χ4v) is 5.04. The SMILES string of the molecule is CC(C)(C)OC(=O)N1C2CCCC1CC(C(=O)Cc1cccc3ccccc13)C2. The van der Waals surface area contributed by atoms with E-state index >= 15 is 0 Å². The number of piperidine rings is 2. The van der Waals surface area contributed by atoms with E-state index in [-0.39, 0.29) is 24.1 Å². The molecule has 154 valence electrons. The number of fused-ring (bicyclic) bond motifs is 3. The van der Waals surface area contributed by atoms with Crippen LogP contribution in [0.25, 0.3) is 10.8 Å². The third kappa shape index (κ3) is 4.31. The number of Topliss-reactive ketones (excluding diaryl/α,β-unsaturated/α-hetero) is 1. The largest absolute Gasteiger partial charge is 0.444 e. The number of hydrogen-bond donors (Lipinski definition) is 0. The zero-order valence-corrected chi connectivity index (χ0v) is 17.7. The van der Waals surface area contributed by atoms with E-state index in [0.29, 0.717) is 12.2 Å². The second-order valence-corrected chi connectivity index (χ2v) is 9.58. The lowest BCUT2D eigenvalue weighted by Gasteiger charge is -2.48. The molecule has 2 atom stereocenters. The molecule has 4 rings (SSSR count). The lowest BCUT2D eigenvalue weighted by atomic mass is 9.76. The number of ether oxygens (including phenoxy) is 1. The van der Waals surface area contributed by atoms with Crippen LogP contribution in [0, 0.1) is 5.92 Å². The van der Waals surface area contributed by atoms with E-state index in [0.717, 1.165) is 43.1 Å². The molecule has 0 spiro atoms. The van der Waals surface area contributed by atoms with Crippen LogP contribution >= 0.6 is 0 Å². The van der Waals surface area contributed by atoms with Crippen LogP contribution in [-0.2, 0) is 16.0 Å². The van der Waals surface area contributed by atoms with Crippen molar-refractivity contribution in [2.24, 2.45) is 5.92 Å². The van der Waals surface area contributed by atoms with Crippen molar-refractivity contribution >= 4 is 22.6 Å². The molecule has 0 radical (unpaired) electrons. The van der Waals surface area contributed by atoms with Gasteiger partial charge in [0.15, 0.2) is 0 Å². The van der Waals surface area contributed by atoms with Crippen molar-refractivity contribution in [3.8, 4) is 0 Å². The molecule has 2 aliphatic rings. The molecule has 0 N–H and O–H groups in total. The molecule has 0 saturated carbocycles. The third-order valence-electron chi connectivity index (χ3n) is 6.28. The third-order valence-corrected chi connectivity index (χ3v) is 6.28. The van der Waals surface area contributed by atoms with Gasteiger partial charge in [0.2, 0.25) is 0 Å². The highest BCUT2D eigenvalue weighted by atomic mass is 16.6. The number of nitrogens with zero attached hydrogens (tertiary/aromatic N) is 1. The average Bonchev–Trinajstić information content (AvgIpc) is 2.66. The molecule has 2 aromatic rings. The number of ketones is 1. The summed E-state index contributed by atoms with van der Waals surface area (Å²) in [5.41, 5.74) is 0.611. The molecule has 4 nitrogen and oxygen atoms in total. The Hall–Kier alpha value is -2.36. The molecule has 2 unspecified atom stereocenters. The van der Waals surface area contributed by atoms with Crippen molar-refractivity contribution in [1.82, 2.24) is 4.90 Å². The molecule has 4 heteroatoms. The number of hydrogen-bond acceptors (Lipinski definition) is 3. The van der Waals surface area contributed by atoms with Gasteiger partial charge in [-0.2, -0.15) is 0 Å². The van der Waals surface area contributed by atoms with Crippen LogP contribution in [0.15, 0.2) is 42.5 Å². The Morgan fingerprint density at radius 3 is 2.34 bits per heavy atom. The molecule has 29 heavy (non-hydrogen) atoms. The van der Waals surface area contributed by atoms with Gasteiger partial charge in [-0.25, -0.2) is 4.79 Å². The maximum Gasteiger partial charge on any atom is 0.410 e. The van der Waals surface area contributed by atoms with Crippen molar-refractivity contribution in [3.05, 3.63) is 48.0 Å². The first kappa shape index (κ1) is 19.9. The smallest absolute Gasteiger partial charge is 0.410 e. The summed E-state index contributed by atoms with van der Waals surface area (Å²) in [4.78, 5) is 27.9. The van der Waals surface area contributed by atoms with Crippen LogP contribution in [0.5, 0.6) is 0 Å². The predicted molar refractivity (Wildman–Crippen MR) is 115 cm³/mol. The quantitative estimate of drug-likeness (QED) is 0.690. The van der Waals surface area contributed by atoms with E-state index < -0.39 is 5.60 Å². The van der Waals surface area contributed by atoms with Crippen molar-refractivity contribution in [1.29, 1.82) is 0 Å². The van der Waals surface area contributed by atoms with E-state index in [9.17, 15) is 9.59 Å². The van der Waals surface area contributed by atoms with Gasteiger partial charge < -0.3 is 9.64 Å². The minimum Gasteiger partial charge on any atom is -0.444 e. The van der Waals surface area contributed by atoms with Crippen LogP contribution in [0.2, 0.25) is 0 Å². The van der Waals surface area contributed by atoms with E-state index in [1.165, 1.54) is 5.39 Å². The molecule has 1 amide bonds. The first-order valence-corrected chi connectivity index (χ1v) is 10.8. The van der Waals surface area contributed by atoms with Gasteiger partial charge in [-0.1, -0.05) is 42.5 Å². The Morgan fingerprint density at radius 1 is 1.00 bits per heavy atom. The molecule has 0 aliphatic carbocycles. The van der Waals surface area contributed by atoms with Crippen molar-refractivity contribution in [3.63, 3.8) is 0 Å². The van der Waals surface area contributed by atoms with Crippen LogP contribution in [0.4, 0.5) is 4.79 Å². The Morgan fingerprint density at radius 2 is 1.66 bits per heavy atom. The highest BCUT2D eigenvalue weighted by Gasteiger charge is 2.44. The Kier molecular flexibility index (Phi) is 5.37. The zero-order chi connectivity index (χ0) is 20.6. The van der Waals surface area contributed by atoms with Crippen molar-refractivity contribution < 1.29 is 14.3 Å². The lowest BCUT2D eigenvalue weighted by molar-refractivity contribution is -0.126. The van der Waals surface area contributed by atoms with Gasteiger partial charge in [0.25, 0.3) is 0 Å². The highest BCUT2D eigenvalue weighted by Crippen LogP contribution is 2.39. The second kappa shape index (κ2) is 7.81. The van der Waals surface area contributed by atoms with Gasteiger partial charge in [0.1, 0.15) is 11.4 Å². The van der Waals surface area contributed by atoms with E-state index in [1.54, 1.807) is 0 Å². The molecule has 2 bridgehead atoms. The summed E-state index contributed by atoms with van der Waals surface area (Å²) < 4.78 is 5.66. The molecule has 2 fully saturated rings. The number of carbonyl (C=O) groups is 2. The summed E-state index contributed by atoms with van der Waals surface area (Å²) >= 11 is 0. The van der Waals surface area contributed by atoms with Gasteiger partial charge in [-0.05, 0) is 69.2 Å². The molecular formula is C25H31NO3. The molecule has 2 aromatic carbocycles. The van der Waals surface area contributed by atoms with Crippen LogP contribution in [0.1, 0.15) is 58.4 Å². The second-order valence-electron chi connectivity index (χ2n) is 9.58. The monoisotopic (exact) mass is 393 g/mol. The van der Waals surface area contributed by atoms with Gasteiger partial charge in [0.05, 0.1) is 0 Å². The van der Waals surface area contributed by atoms with E-state index in [4.69, 9.17) is 4.74 Å². The topological polar surface area (TPSA) is 46.6 Å². The summed E-state index contributed by atoms with van der Waals surface area (Å²) in [5, 5.41) is 2.34. The molecule has 2 heterocycles. The molecule has 2 aliphatic heterocycles. The van der Waals surface area contributed by atoms with Gasteiger partial charge in [-0.15, -0.1) is 0 Å². The van der Waals surface area contributed by atoms with Gasteiger partial charge >= 0.3 is 6.09 Å². The fourth-order valence-electron chi connectivity index (χ4n) is 5.04. The number of benzene rings is 2. The first-order valence-electron chi connectivity index (χ1n) is 10.8. The Labute approximate surface area is 173 Å². The summed E-state index contributed by atoms with van der Waals surface area (Å²) in [6.07, 6.45) is 4.84. The number of rotatable bonds is 3. The summed E-state index contributed by atoms with van der Waals surface area (Å²) in [7, 11) is 0. The van der Waals surface area contributed by atoms with Gasteiger partial charge in [0, 0.05) is 24.4 Å². The van der Waals surface area contributed by atoms with Crippen LogP contribution < -0.4 is 0 Å².